The number of H-pyrrole nitrogens is 2. The molecule has 6 unspecified atom stereocenters. The highest BCUT2D eigenvalue weighted by molar-refractivity contribution is 7.61. The van der Waals surface area contributed by atoms with Crippen LogP contribution in [0.2, 0.25) is 0 Å². The van der Waals surface area contributed by atoms with E-state index in [4.69, 9.17) is 10.5 Å². The largest absolute Gasteiger partial charge is 0.481 e. The van der Waals surface area contributed by atoms with E-state index in [-0.39, 0.29) is 12.2 Å². The van der Waals surface area contributed by atoms with E-state index in [1.54, 1.807) is 0 Å². The van der Waals surface area contributed by atoms with E-state index < -0.39 is 64.5 Å². The van der Waals surface area contributed by atoms with Crippen LogP contribution in [-0.2, 0) is 27.2 Å². The SMILES string of the molecule is NCCOP(=O)(O)OP(=O)(O)OCC1OC(c2cc(=O)[nH]c(=O)[nH]2)C(O)C1O. The molecule has 8 N–H and O–H groups in total. The van der Waals surface area contributed by atoms with Crippen LogP contribution < -0.4 is 17.0 Å². The van der Waals surface area contributed by atoms with Crippen molar-refractivity contribution in [1.82, 2.24) is 9.97 Å². The highest BCUT2D eigenvalue weighted by Crippen LogP contribution is 2.60. The smallest absolute Gasteiger partial charge is 0.387 e. The molecule has 6 atom stereocenters. The molecule has 0 saturated carbocycles. The third-order valence-corrected chi connectivity index (χ3v) is 6.07. The van der Waals surface area contributed by atoms with Crippen molar-refractivity contribution >= 4 is 15.6 Å². The van der Waals surface area contributed by atoms with Gasteiger partial charge in [0.05, 0.1) is 18.9 Å². The minimum absolute atomic E-state index is 0.152. The molecular formula is C11H19N3O12P2. The van der Waals surface area contributed by atoms with E-state index in [0.29, 0.717) is 0 Å². The predicted octanol–water partition coefficient (Wildman–Crippen LogP) is -2.57. The Hall–Kier alpha value is -1.22. The van der Waals surface area contributed by atoms with E-state index in [2.05, 4.69) is 18.3 Å². The first kappa shape index (κ1) is 23.1. The summed E-state index contributed by atoms with van der Waals surface area (Å²) in [7, 11) is -10.1. The Bertz CT molecular complexity index is 858. The van der Waals surface area contributed by atoms with E-state index in [1.165, 1.54) is 0 Å². The number of aromatic amines is 2. The summed E-state index contributed by atoms with van der Waals surface area (Å²) >= 11 is 0. The maximum Gasteiger partial charge on any atom is 0.481 e. The molecule has 0 amide bonds. The minimum atomic E-state index is -5.12. The van der Waals surface area contributed by atoms with Crippen LogP contribution >= 0.6 is 15.6 Å². The van der Waals surface area contributed by atoms with Crippen molar-refractivity contribution in [2.45, 2.75) is 24.4 Å². The van der Waals surface area contributed by atoms with Crippen molar-refractivity contribution in [2.24, 2.45) is 5.73 Å². The topological polar surface area (TPSA) is 244 Å². The fraction of sp³-hybridized carbons (Fsp3) is 0.636. The van der Waals surface area contributed by atoms with Crippen LogP contribution in [0.5, 0.6) is 0 Å². The van der Waals surface area contributed by atoms with Crippen LogP contribution in [0.4, 0.5) is 0 Å². The average molecular weight is 447 g/mol. The molecule has 1 fully saturated rings. The van der Waals surface area contributed by atoms with Gasteiger partial charge >= 0.3 is 21.3 Å². The molecule has 17 heteroatoms. The molecule has 2 rings (SSSR count). The van der Waals surface area contributed by atoms with Crippen LogP contribution in [0.15, 0.2) is 15.7 Å². The zero-order valence-electron chi connectivity index (χ0n) is 14.0. The van der Waals surface area contributed by atoms with Gasteiger partial charge in [0, 0.05) is 12.6 Å². The predicted molar refractivity (Wildman–Crippen MR) is 89.0 cm³/mol. The summed E-state index contributed by atoms with van der Waals surface area (Å²) in [6, 6.07) is 0.919. The van der Waals surface area contributed by atoms with Crippen LogP contribution in [0.1, 0.15) is 11.8 Å². The Morgan fingerprint density at radius 2 is 1.75 bits per heavy atom. The number of phosphoric ester groups is 2. The van der Waals surface area contributed by atoms with Crippen molar-refractivity contribution in [3.8, 4) is 0 Å². The van der Waals surface area contributed by atoms with Crippen molar-refractivity contribution in [3.63, 3.8) is 0 Å². The first-order valence-corrected chi connectivity index (χ1v) is 10.6. The van der Waals surface area contributed by atoms with E-state index >= 15 is 0 Å². The van der Waals surface area contributed by atoms with Gasteiger partial charge in [0.2, 0.25) is 0 Å². The van der Waals surface area contributed by atoms with E-state index in [9.17, 15) is 38.7 Å². The van der Waals surface area contributed by atoms with Crippen molar-refractivity contribution in [2.75, 3.05) is 19.8 Å². The van der Waals surface area contributed by atoms with Gasteiger partial charge in [0.1, 0.15) is 24.4 Å². The molecule has 15 nitrogen and oxygen atoms in total. The number of hydrogen-bond donors (Lipinski definition) is 7. The standard InChI is InChI=1S/C11H19N3O12P2/c12-1-2-23-27(19,20)26-28(21,22)24-4-6-8(16)9(17)10(25-6)5-3-7(15)14-11(18)13-5/h3,6,8-10,16-17H,1-2,4,12H2,(H,19,20)(H,21,22)(H2,13,14,15,18). The second kappa shape index (κ2) is 9.07. The molecular weight excluding hydrogens is 428 g/mol. The van der Waals surface area contributed by atoms with Crippen molar-refractivity contribution in [3.05, 3.63) is 32.6 Å². The molecule has 1 aliphatic heterocycles. The number of aliphatic hydroxyl groups is 2. The Labute approximate surface area is 156 Å². The summed E-state index contributed by atoms with van der Waals surface area (Å²) < 4.78 is 41.3. The van der Waals surface area contributed by atoms with Gasteiger partial charge in [-0.15, -0.1) is 0 Å². The number of phosphoric acid groups is 2. The second-order valence-corrected chi connectivity index (χ2v) is 8.60. The Kier molecular flexibility index (Phi) is 7.47. The lowest BCUT2D eigenvalue weighted by Crippen LogP contribution is -2.33. The summed E-state index contributed by atoms with van der Waals surface area (Å²) in [5.74, 6) is 0. The molecule has 0 aromatic carbocycles. The van der Waals surface area contributed by atoms with E-state index in [1.807, 2.05) is 4.98 Å². The van der Waals surface area contributed by atoms with Crippen LogP contribution in [0.3, 0.4) is 0 Å². The molecule has 1 aromatic heterocycles. The van der Waals surface area contributed by atoms with Crippen LogP contribution in [0, 0.1) is 0 Å². The maximum atomic E-state index is 11.8. The number of ether oxygens (including phenoxy) is 1. The lowest BCUT2D eigenvalue weighted by Gasteiger charge is -2.19. The van der Waals surface area contributed by atoms with Gasteiger partial charge in [-0.25, -0.2) is 13.9 Å². The molecule has 28 heavy (non-hydrogen) atoms. The Morgan fingerprint density at radius 1 is 1.11 bits per heavy atom. The number of nitrogens with one attached hydrogen (secondary N) is 2. The Morgan fingerprint density at radius 3 is 2.36 bits per heavy atom. The van der Waals surface area contributed by atoms with E-state index in [0.717, 1.165) is 6.07 Å². The quantitative estimate of drug-likeness (QED) is 0.193. The summed E-state index contributed by atoms with van der Waals surface area (Å²) in [5, 5.41) is 20.0. The fourth-order valence-corrected chi connectivity index (χ4v) is 4.39. The lowest BCUT2D eigenvalue weighted by atomic mass is 10.1. The van der Waals surface area contributed by atoms with Crippen molar-refractivity contribution < 1.29 is 47.2 Å². The highest BCUT2D eigenvalue weighted by Gasteiger charge is 2.45. The van der Waals surface area contributed by atoms with Gasteiger partial charge < -0.3 is 35.5 Å². The normalized spacial score (nSPS) is 29.3. The van der Waals surface area contributed by atoms with Gasteiger partial charge in [-0.2, -0.15) is 4.31 Å². The molecule has 0 spiro atoms. The van der Waals surface area contributed by atoms with Gasteiger partial charge in [-0.05, 0) is 0 Å². The number of rotatable bonds is 9. The second-order valence-electron chi connectivity index (χ2n) is 5.56. The number of aromatic nitrogens is 2. The molecule has 0 aliphatic carbocycles. The zero-order chi connectivity index (χ0) is 21.1. The number of nitrogens with two attached hydrogens (primary N) is 1. The minimum Gasteiger partial charge on any atom is -0.387 e. The first-order valence-electron chi connectivity index (χ1n) is 7.65. The first-order chi connectivity index (χ1) is 12.9. The number of hydrogen-bond acceptors (Lipinski definition) is 11. The maximum absolute atomic E-state index is 11.8. The van der Waals surface area contributed by atoms with Gasteiger partial charge in [0.15, 0.2) is 0 Å². The molecule has 2 heterocycles. The molecule has 1 aliphatic rings. The van der Waals surface area contributed by atoms with Crippen LogP contribution in [0.25, 0.3) is 0 Å². The van der Waals surface area contributed by atoms with Crippen molar-refractivity contribution in [1.29, 1.82) is 0 Å². The Balaban J connectivity index is 2.02. The van der Waals surface area contributed by atoms with Gasteiger partial charge in [-0.1, -0.05) is 0 Å². The summed E-state index contributed by atoms with van der Waals surface area (Å²) in [5.41, 5.74) is 3.25. The lowest BCUT2D eigenvalue weighted by molar-refractivity contribution is -0.0237. The monoisotopic (exact) mass is 447 g/mol. The van der Waals surface area contributed by atoms with Gasteiger partial charge in [0.25, 0.3) is 5.56 Å². The molecule has 0 radical (unpaired) electrons. The van der Waals surface area contributed by atoms with Crippen LogP contribution in [-0.4, -0.2) is 68.0 Å². The third kappa shape index (κ3) is 6.14. The highest BCUT2D eigenvalue weighted by atomic mass is 31.3. The molecule has 1 saturated heterocycles. The number of aliphatic hydroxyl groups excluding tert-OH is 2. The third-order valence-electron chi connectivity index (χ3n) is 3.43. The summed E-state index contributed by atoms with van der Waals surface area (Å²) in [4.78, 5) is 45.5. The average Bonchev–Trinajstić information content (AvgIpc) is 2.85. The van der Waals surface area contributed by atoms with Gasteiger partial charge in [-0.3, -0.25) is 18.8 Å². The summed E-state index contributed by atoms with van der Waals surface area (Å²) in [6.45, 7) is -1.44. The fourth-order valence-electron chi connectivity index (χ4n) is 2.30. The molecule has 1 aromatic rings. The summed E-state index contributed by atoms with van der Waals surface area (Å²) in [6.07, 6.45) is -6.03. The molecule has 160 valence electrons. The zero-order valence-corrected chi connectivity index (χ0v) is 15.8. The molecule has 0 bridgehead atoms.